The molecule has 1 aromatic rings. The summed E-state index contributed by atoms with van der Waals surface area (Å²) in [4.78, 5) is 0. The molecule has 2 nitrogen and oxygen atoms in total. The molecule has 2 atom stereocenters. The molecule has 0 aliphatic heterocycles. The van der Waals surface area contributed by atoms with Gasteiger partial charge in [0.15, 0.2) is 0 Å². The van der Waals surface area contributed by atoms with Crippen LogP contribution in [0.1, 0.15) is 25.5 Å². The monoisotopic (exact) mass is 275 g/mol. The maximum absolute atomic E-state index is 6.14. The van der Waals surface area contributed by atoms with Gasteiger partial charge in [-0.05, 0) is 36.6 Å². The van der Waals surface area contributed by atoms with Gasteiger partial charge in [-0.1, -0.05) is 30.1 Å². The number of hydrogen-bond acceptors (Lipinski definition) is 2. The fourth-order valence-corrected chi connectivity index (χ4v) is 2.14. The predicted molar refractivity (Wildman–Crippen MR) is 73.9 cm³/mol. The van der Waals surface area contributed by atoms with Crippen molar-refractivity contribution < 1.29 is 4.74 Å². The topological polar surface area (TPSA) is 21.3 Å². The van der Waals surface area contributed by atoms with Gasteiger partial charge in [0.05, 0.1) is 0 Å². The van der Waals surface area contributed by atoms with Gasteiger partial charge in [-0.3, -0.25) is 0 Å². The predicted octanol–water partition coefficient (Wildman–Crippen LogP) is 3.93. The lowest BCUT2D eigenvalue weighted by Gasteiger charge is -2.18. The summed E-state index contributed by atoms with van der Waals surface area (Å²) in [6.45, 7) is 5.86. The van der Waals surface area contributed by atoms with Crippen molar-refractivity contribution in [1.29, 1.82) is 0 Å². The zero-order valence-electron chi connectivity index (χ0n) is 10.5. The van der Waals surface area contributed by atoms with Crippen LogP contribution < -0.4 is 5.32 Å². The summed E-state index contributed by atoms with van der Waals surface area (Å²) in [6, 6.07) is 5.71. The fraction of sp³-hybridized carbons (Fsp3) is 0.538. The molecule has 1 N–H and O–H groups in total. The van der Waals surface area contributed by atoms with Gasteiger partial charge >= 0.3 is 0 Å². The van der Waals surface area contributed by atoms with E-state index in [9.17, 15) is 0 Å². The number of hydrogen-bond donors (Lipinski definition) is 1. The summed E-state index contributed by atoms with van der Waals surface area (Å²) >= 11 is 12.1. The van der Waals surface area contributed by atoms with Crippen molar-refractivity contribution in [2.24, 2.45) is 5.92 Å². The van der Waals surface area contributed by atoms with E-state index in [4.69, 9.17) is 27.9 Å². The maximum Gasteiger partial charge on any atom is 0.0499 e. The van der Waals surface area contributed by atoms with Gasteiger partial charge in [0.2, 0.25) is 0 Å². The van der Waals surface area contributed by atoms with Crippen LogP contribution in [0.15, 0.2) is 18.2 Å². The molecule has 0 aromatic heterocycles. The summed E-state index contributed by atoms with van der Waals surface area (Å²) in [7, 11) is 1.72. The normalized spacial score (nSPS) is 14.6. The standard InChI is InChI=1S/C13H19Cl2NO/c1-9(8-17-3)7-16-10(2)12-6-11(14)4-5-13(12)15/h4-6,9-10,16H,7-8H2,1-3H3. The van der Waals surface area contributed by atoms with Crippen LogP contribution in [0.3, 0.4) is 0 Å². The van der Waals surface area contributed by atoms with Crippen LogP contribution >= 0.6 is 23.2 Å². The Morgan fingerprint density at radius 1 is 1.29 bits per heavy atom. The van der Waals surface area contributed by atoms with Crippen molar-refractivity contribution in [3.63, 3.8) is 0 Å². The quantitative estimate of drug-likeness (QED) is 0.850. The molecule has 1 aromatic carbocycles. The minimum absolute atomic E-state index is 0.181. The number of rotatable bonds is 6. The van der Waals surface area contributed by atoms with Crippen molar-refractivity contribution in [3.05, 3.63) is 33.8 Å². The second kappa shape index (κ2) is 7.22. The highest BCUT2D eigenvalue weighted by molar-refractivity contribution is 6.33. The molecule has 0 spiro atoms. The first-order valence-electron chi connectivity index (χ1n) is 5.72. The Labute approximate surface area is 113 Å². The Morgan fingerprint density at radius 2 is 2.00 bits per heavy atom. The van der Waals surface area contributed by atoms with Crippen LogP contribution in [0, 0.1) is 5.92 Å². The largest absolute Gasteiger partial charge is 0.384 e. The van der Waals surface area contributed by atoms with Crippen molar-refractivity contribution >= 4 is 23.2 Å². The van der Waals surface area contributed by atoms with Gasteiger partial charge in [-0.2, -0.15) is 0 Å². The second-order valence-corrected chi connectivity index (χ2v) is 5.20. The Balaban J connectivity index is 2.57. The zero-order chi connectivity index (χ0) is 12.8. The molecule has 17 heavy (non-hydrogen) atoms. The molecule has 0 aliphatic carbocycles. The van der Waals surface area contributed by atoms with Crippen LogP contribution in [0.5, 0.6) is 0 Å². The number of ether oxygens (including phenoxy) is 1. The highest BCUT2D eigenvalue weighted by Crippen LogP contribution is 2.26. The van der Waals surface area contributed by atoms with Crippen LogP contribution in [0.4, 0.5) is 0 Å². The van der Waals surface area contributed by atoms with E-state index in [1.54, 1.807) is 13.2 Å². The highest BCUT2D eigenvalue weighted by atomic mass is 35.5. The van der Waals surface area contributed by atoms with Crippen molar-refractivity contribution in [1.82, 2.24) is 5.32 Å². The van der Waals surface area contributed by atoms with Gasteiger partial charge < -0.3 is 10.1 Å². The van der Waals surface area contributed by atoms with Crippen molar-refractivity contribution in [2.75, 3.05) is 20.3 Å². The molecule has 4 heteroatoms. The molecule has 0 radical (unpaired) electrons. The summed E-state index contributed by atoms with van der Waals surface area (Å²) in [6.07, 6.45) is 0. The Kier molecular flexibility index (Phi) is 6.28. The number of methoxy groups -OCH3 is 1. The van der Waals surface area contributed by atoms with Gasteiger partial charge in [0, 0.05) is 36.3 Å². The first kappa shape index (κ1) is 14.8. The van der Waals surface area contributed by atoms with E-state index < -0.39 is 0 Å². The Morgan fingerprint density at radius 3 is 2.65 bits per heavy atom. The third kappa shape index (κ3) is 4.84. The van der Waals surface area contributed by atoms with Gasteiger partial charge in [-0.25, -0.2) is 0 Å². The van der Waals surface area contributed by atoms with E-state index in [1.807, 2.05) is 12.1 Å². The Hall–Kier alpha value is -0.280. The number of benzene rings is 1. The SMILES string of the molecule is COCC(C)CNC(C)c1cc(Cl)ccc1Cl. The molecular weight excluding hydrogens is 257 g/mol. The lowest BCUT2D eigenvalue weighted by Crippen LogP contribution is -2.26. The van der Waals surface area contributed by atoms with E-state index in [2.05, 4.69) is 19.2 Å². The van der Waals surface area contributed by atoms with E-state index in [-0.39, 0.29) is 6.04 Å². The third-order valence-electron chi connectivity index (χ3n) is 2.65. The smallest absolute Gasteiger partial charge is 0.0499 e. The van der Waals surface area contributed by atoms with E-state index >= 15 is 0 Å². The van der Waals surface area contributed by atoms with E-state index in [1.165, 1.54) is 0 Å². The molecule has 2 unspecified atom stereocenters. The second-order valence-electron chi connectivity index (χ2n) is 4.36. The summed E-state index contributed by atoms with van der Waals surface area (Å²) in [5.41, 5.74) is 1.03. The first-order chi connectivity index (χ1) is 8.04. The number of halogens is 2. The third-order valence-corrected chi connectivity index (χ3v) is 3.23. The van der Waals surface area contributed by atoms with Gasteiger partial charge in [-0.15, -0.1) is 0 Å². The molecular formula is C13H19Cl2NO. The lowest BCUT2D eigenvalue weighted by molar-refractivity contribution is 0.157. The minimum Gasteiger partial charge on any atom is -0.384 e. The van der Waals surface area contributed by atoms with Gasteiger partial charge in [0.25, 0.3) is 0 Å². The van der Waals surface area contributed by atoms with Crippen LogP contribution in [-0.4, -0.2) is 20.3 Å². The van der Waals surface area contributed by atoms with Crippen LogP contribution in [-0.2, 0) is 4.74 Å². The first-order valence-corrected chi connectivity index (χ1v) is 6.47. The average molecular weight is 276 g/mol. The van der Waals surface area contributed by atoms with Crippen LogP contribution in [0.2, 0.25) is 10.0 Å². The zero-order valence-corrected chi connectivity index (χ0v) is 12.0. The highest BCUT2D eigenvalue weighted by Gasteiger charge is 2.11. The molecule has 0 heterocycles. The molecule has 0 bridgehead atoms. The summed E-state index contributed by atoms with van der Waals surface area (Å²) < 4.78 is 5.10. The molecule has 96 valence electrons. The van der Waals surface area contributed by atoms with E-state index in [0.717, 1.165) is 23.7 Å². The minimum atomic E-state index is 0.181. The molecule has 0 saturated carbocycles. The molecule has 0 fully saturated rings. The van der Waals surface area contributed by atoms with Crippen molar-refractivity contribution in [3.8, 4) is 0 Å². The number of nitrogens with one attached hydrogen (secondary N) is 1. The molecule has 0 saturated heterocycles. The van der Waals surface area contributed by atoms with Gasteiger partial charge in [0.1, 0.15) is 0 Å². The average Bonchev–Trinajstić information content (AvgIpc) is 2.29. The summed E-state index contributed by atoms with van der Waals surface area (Å²) in [5.74, 6) is 0.473. The van der Waals surface area contributed by atoms with E-state index in [0.29, 0.717) is 10.9 Å². The lowest BCUT2D eigenvalue weighted by atomic mass is 10.1. The fourth-order valence-electron chi connectivity index (χ4n) is 1.68. The maximum atomic E-state index is 6.14. The molecule has 0 amide bonds. The van der Waals surface area contributed by atoms with Crippen molar-refractivity contribution in [2.45, 2.75) is 19.9 Å². The molecule has 0 aliphatic rings. The Bertz CT molecular complexity index is 357. The molecule has 1 rings (SSSR count). The van der Waals surface area contributed by atoms with Crippen LogP contribution in [0.25, 0.3) is 0 Å². The summed E-state index contributed by atoms with van der Waals surface area (Å²) in [5, 5.41) is 4.88.